The van der Waals surface area contributed by atoms with Crippen molar-refractivity contribution in [3.63, 3.8) is 0 Å². The molecule has 1 fully saturated rings. The molecule has 3 heteroatoms. The average Bonchev–Trinajstić information content (AvgIpc) is 2.19. The van der Waals surface area contributed by atoms with E-state index in [0.717, 1.165) is 18.9 Å². The second-order valence-corrected chi connectivity index (χ2v) is 3.23. The topological polar surface area (TPSA) is 44.5 Å². The molecular weight excluding hydrogens is 166 g/mol. The van der Waals surface area contributed by atoms with E-state index >= 15 is 0 Å². The molecule has 1 heterocycles. The third-order valence-corrected chi connectivity index (χ3v) is 2.19. The number of ether oxygens (including phenoxy) is 2. The van der Waals surface area contributed by atoms with Gasteiger partial charge in [-0.3, -0.25) is 0 Å². The van der Waals surface area contributed by atoms with E-state index in [-0.39, 0.29) is 0 Å². The molecule has 1 aliphatic rings. The molecule has 0 spiro atoms. The first-order chi connectivity index (χ1) is 6.36. The Morgan fingerprint density at radius 2 is 2.00 bits per heavy atom. The zero-order chi connectivity index (χ0) is 9.10. The van der Waals surface area contributed by atoms with Crippen molar-refractivity contribution in [1.29, 1.82) is 0 Å². The van der Waals surface area contributed by atoms with E-state index in [0.29, 0.717) is 12.7 Å². The van der Waals surface area contributed by atoms with Gasteiger partial charge in [-0.05, 0) is 17.7 Å². The minimum absolute atomic E-state index is 0.331. The zero-order valence-corrected chi connectivity index (χ0v) is 7.40. The molecule has 70 valence electrons. The van der Waals surface area contributed by atoms with E-state index in [1.165, 1.54) is 5.56 Å². The fourth-order valence-corrected chi connectivity index (χ4v) is 1.49. The first-order valence-corrected chi connectivity index (χ1v) is 4.37. The lowest BCUT2D eigenvalue weighted by atomic mass is 10.0. The van der Waals surface area contributed by atoms with E-state index < -0.39 is 0 Å². The predicted molar refractivity (Wildman–Crippen MR) is 50.4 cm³/mol. The molecule has 1 saturated heterocycles. The van der Waals surface area contributed by atoms with Crippen LogP contribution in [0.5, 0.6) is 0 Å². The van der Waals surface area contributed by atoms with Crippen molar-refractivity contribution >= 4 is 5.69 Å². The van der Waals surface area contributed by atoms with Gasteiger partial charge in [0.25, 0.3) is 0 Å². The molecule has 2 N–H and O–H groups in total. The lowest BCUT2D eigenvalue weighted by molar-refractivity contribution is -0.108. The summed E-state index contributed by atoms with van der Waals surface area (Å²) in [6.07, 6.45) is 0. The van der Waals surface area contributed by atoms with Crippen molar-refractivity contribution in [1.82, 2.24) is 0 Å². The molecule has 0 atom stereocenters. The molecule has 0 bridgehead atoms. The molecule has 0 unspecified atom stereocenters. The lowest BCUT2D eigenvalue weighted by Crippen LogP contribution is -2.22. The van der Waals surface area contributed by atoms with Crippen molar-refractivity contribution in [2.45, 2.75) is 5.92 Å². The normalized spacial score (nSPS) is 18.8. The van der Waals surface area contributed by atoms with E-state index in [4.69, 9.17) is 15.2 Å². The van der Waals surface area contributed by atoms with Gasteiger partial charge in [-0.25, -0.2) is 0 Å². The van der Waals surface area contributed by atoms with Crippen LogP contribution in [0.2, 0.25) is 0 Å². The summed E-state index contributed by atoms with van der Waals surface area (Å²) in [5, 5.41) is 0. The van der Waals surface area contributed by atoms with Gasteiger partial charge in [0.15, 0.2) is 0 Å². The summed E-state index contributed by atoms with van der Waals surface area (Å²) < 4.78 is 10.4. The summed E-state index contributed by atoms with van der Waals surface area (Å²) in [5.41, 5.74) is 7.67. The lowest BCUT2D eigenvalue weighted by Gasteiger charge is -2.22. The molecule has 13 heavy (non-hydrogen) atoms. The van der Waals surface area contributed by atoms with Crippen molar-refractivity contribution in [2.24, 2.45) is 0 Å². The van der Waals surface area contributed by atoms with Crippen LogP contribution in [0, 0.1) is 0 Å². The van der Waals surface area contributed by atoms with Gasteiger partial charge >= 0.3 is 0 Å². The number of anilines is 1. The van der Waals surface area contributed by atoms with Crippen LogP contribution in [0.1, 0.15) is 11.5 Å². The molecule has 0 radical (unpaired) electrons. The van der Waals surface area contributed by atoms with Crippen molar-refractivity contribution in [3.05, 3.63) is 29.8 Å². The molecular formula is C10H13NO2. The van der Waals surface area contributed by atoms with Crippen molar-refractivity contribution in [3.8, 4) is 0 Å². The largest absolute Gasteiger partial charge is 0.399 e. The monoisotopic (exact) mass is 179 g/mol. The van der Waals surface area contributed by atoms with E-state index in [1.54, 1.807) is 0 Å². The highest BCUT2D eigenvalue weighted by atomic mass is 16.7. The number of rotatable bonds is 1. The van der Waals surface area contributed by atoms with Crippen LogP contribution in [0.4, 0.5) is 5.69 Å². The van der Waals surface area contributed by atoms with Gasteiger partial charge in [0.1, 0.15) is 6.79 Å². The number of hydrogen-bond donors (Lipinski definition) is 1. The highest BCUT2D eigenvalue weighted by Crippen LogP contribution is 2.21. The number of hydrogen-bond acceptors (Lipinski definition) is 3. The minimum Gasteiger partial charge on any atom is -0.399 e. The molecule has 0 aliphatic carbocycles. The minimum atomic E-state index is 0.331. The molecule has 2 rings (SSSR count). The average molecular weight is 179 g/mol. The maximum absolute atomic E-state index is 5.68. The van der Waals surface area contributed by atoms with Crippen LogP contribution in [0.15, 0.2) is 24.3 Å². The van der Waals surface area contributed by atoms with Gasteiger partial charge in [-0.1, -0.05) is 12.1 Å². The zero-order valence-electron chi connectivity index (χ0n) is 7.40. The Kier molecular flexibility index (Phi) is 2.47. The maximum Gasteiger partial charge on any atom is 0.146 e. The Morgan fingerprint density at radius 3 is 2.69 bits per heavy atom. The molecule has 1 aliphatic heterocycles. The van der Waals surface area contributed by atoms with E-state index in [9.17, 15) is 0 Å². The second-order valence-electron chi connectivity index (χ2n) is 3.23. The first-order valence-electron chi connectivity index (χ1n) is 4.37. The van der Waals surface area contributed by atoms with Gasteiger partial charge in [-0.15, -0.1) is 0 Å². The van der Waals surface area contributed by atoms with E-state index in [2.05, 4.69) is 6.07 Å². The molecule has 3 nitrogen and oxygen atoms in total. The van der Waals surface area contributed by atoms with Crippen LogP contribution in [0.25, 0.3) is 0 Å². The molecule has 1 aromatic rings. The summed E-state index contributed by atoms with van der Waals surface area (Å²) in [6, 6.07) is 7.87. The van der Waals surface area contributed by atoms with Gasteiger partial charge in [-0.2, -0.15) is 0 Å². The van der Waals surface area contributed by atoms with Gasteiger partial charge < -0.3 is 15.2 Å². The summed E-state index contributed by atoms with van der Waals surface area (Å²) in [6.45, 7) is 1.87. The Labute approximate surface area is 77.5 Å². The third-order valence-electron chi connectivity index (χ3n) is 2.19. The summed E-state index contributed by atoms with van der Waals surface area (Å²) in [7, 11) is 0. The van der Waals surface area contributed by atoms with E-state index in [1.807, 2.05) is 18.2 Å². The Bertz CT molecular complexity index is 282. The van der Waals surface area contributed by atoms with Gasteiger partial charge in [0.05, 0.1) is 13.2 Å². The van der Waals surface area contributed by atoms with Crippen LogP contribution in [-0.2, 0) is 9.47 Å². The highest BCUT2D eigenvalue weighted by Gasteiger charge is 2.16. The molecule has 1 aromatic carbocycles. The Balaban J connectivity index is 2.14. The number of benzene rings is 1. The summed E-state index contributed by atoms with van der Waals surface area (Å²) >= 11 is 0. The van der Waals surface area contributed by atoms with Crippen LogP contribution in [0.3, 0.4) is 0 Å². The fraction of sp³-hybridized carbons (Fsp3) is 0.400. The van der Waals surface area contributed by atoms with Crippen LogP contribution < -0.4 is 5.73 Å². The predicted octanol–water partition coefficient (Wildman–Crippen LogP) is 1.36. The quantitative estimate of drug-likeness (QED) is 0.662. The standard InChI is InChI=1S/C10H13NO2/c11-10-3-1-2-8(4-10)9-5-12-7-13-6-9/h1-4,9H,5-7,11H2. The Morgan fingerprint density at radius 1 is 1.23 bits per heavy atom. The second kappa shape index (κ2) is 3.77. The molecule has 0 aromatic heterocycles. The third kappa shape index (κ3) is 1.99. The number of nitrogen functional groups attached to an aromatic ring is 1. The van der Waals surface area contributed by atoms with Crippen LogP contribution in [-0.4, -0.2) is 20.0 Å². The highest BCUT2D eigenvalue weighted by molar-refractivity contribution is 5.41. The van der Waals surface area contributed by atoms with Gasteiger partial charge in [0, 0.05) is 11.6 Å². The number of nitrogens with two attached hydrogens (primary N) is 1. The smallest absolute Gasteiger partial charge is 0.146 e. The SMILES string of the molecule is Nc1cccc(C2COCOC2)c1. The van der Waals surface area contributed by atoms with Crippen molar-refractivity contribution < 1.29 is 9.47 Å². The summed E-state index contributed by atoms with van der Waals surface area (Å²) in [5.74, 6) is 0.331. The van der Waals surface area contributed by atoms with Crippen LogP contribution >= 0.6 is 0 Å². The molecule has 0 amide bonds. The van der Waals surface area contributed by atoms with Gasteiger partial charge in [0.2, 0.25) is 0 Å². The first kappa shape index (κ1) is 8.53. The molecule has 0 saturated carbocycles. The maximum atomic E-state index is 5.68. The fourth-order valence-electron chi connectivity index (χ4n) is 1.49. The Hall–Kier alpha value is -1.06. The summed E-state index contributed by atoms with van der Waals surface area (Å²) in [4.78, 5) is 0. The van der Waals surface area contributed by atoms with Crippen molar-refractivity contribution in [2.75, 3.05) is 25.7 Å².